The Morgan fingerprint density at radius 2 is 2.37 bits per heavy atom. The van der Waals surface area contributed by atoms with Crippen LogP contribution in [-0.4, -0.2) is 50.5 Å². The lowest BCUT2D eigenvalue weighted by Gasteiger charge is -2.22. The molecule has 2 heterocycles. The third kappa shape index (κ3) is 3.53. The minimum Gasteiger partial charge on any atom is -0.379 e. The molecule has 0 bridgehead atoms. The van der Waals surface area contributed by atoms with Crippen molar-refractivity contribution >= 4 is 10.0 Å². The zero-order chi connectivity index (χ0) is 13.9. The number of nitrogens with zero attached hydrogens (tertiary/aromatic N) is 2. The van der Waals surface area contributed by atoms with E-state index in [0.717, 1.165) is 6.54 Å². The maximum atomic E-state index is 12.2. The van der Waals surface area contributed by atoms with Crippen molar-refractivity contribution in [3.8, 4) is 0 Å². The quantitative estimate of drug-likeness (QED) is 0.741. The molecule has 19 heavy (non-hydrogen) atoms. The van der Waals surface area contributed by atoms with E-state index in [2.05, 4.69) is 15.1 Å². The maximum Gasteiger partial charge on any atom is 0.244 e. The normalized spacial score (nSPS) is 23.9. The SMILES string of the molecule is CNCCn1cc(S(=O)(=O)NC2(C)CCOC2)cn1. The molecule has 1 atom stereocenters. The summed E-state index contributed by atoms with van der Waals surface area (Å²) in [5.41, 5.74) is -0.522. The van der Waals surface area contributed by atoms with E-state index in [9.17, 15) is 8.42 Å². The van der Waals surface area contributed by atoms with Gasteiger partial charge in [-0.2, -0.15) is 5.10 Å². The molecule has 1 aliphatic heterocycles. The summed E-state index contributed by atoms with van der Waals surface area (Å²) in [6.45, 7) is 4.20. The van der Waals surface area contributed by atoms with Gasteiger partial charge in [0.2, 0.25) is 10.0 Å². The summed E-state index contributed by atoms with van der Waals surface area (Å²) in [4.78, 5) is 0.191. The maximum absolute atomic E-state index is 12.2. The van der Waals surface area contributed by atoms with E-state index >= 15 is 0 Å². The van der Waals surface area contributed by atoms with Crippen molar-refractivity contribution < 1.29 is 13.2 Å². The second-order valence-corrected chi connectivity index (χ2v) is 6.69. The van der Waals surface area contributed by atoms with E-state index in [0.29, 0.717) is 26.2 Å². The van der Waals surface area contributed by atoms with Gasteiger partial charge in [0.25, 0.3) is 0 Å². The van der Waals surface area contributed by atoms with E-state index in [1.165, 1.54) is 6.20 Å². The lowest BCUT2D eigenvalue weighted by Crippen LogP contribution is -2.46. The predicted molar refractivity (Wildman–Crippen MR) is 70.3 cm³/mol. The fourth-order valence-electron chi connectivity index (χ4n) is 1.96. The molecule has 1 saturated heterocycles. The largest absolute Gasteiger partial charge is 0.379 e. The molecule has 0 saturated carbocycles. The van der Waals surface area contributed by atoms with Gasteiger partial charge in [-0.25, -0.2) is 13.1 Å². The number of rotatable bonds is 6. The zero-order valence-corrected chi connectivity index (χ0v) is 12.0. The Morgan fingerprint density at radius 1 is 1.58 bits per heavy atom. The van der Waals surface area contributed by atoms with Gasteiger partial charge >= 0.3 is 0 Å². The van der Waals surface area contributed by atoms with Gasteiger partial charge in [-0.15, -0.1) is 0 Å². The van der Waals surface area contributed by atoms with E-state index in [1.807, 2.05) is 14.0 Å². The topological polar surface area (TPSA) is 85.2 Å². The van der Waals surface area contributed by atoms with Crippen molar-refractivity contribution in [1.82, 2.24) is 19.8 Å². The molecule has 0 aliphatic carbocycles. The first-order chi connectivity index (χ1) is 8.95. The van der Waals surface area contributed by atoms with Crippen LogP contribution in [-0.2, 0) is 21.3 Å². The van der Waals surface area contributed by atoms with Gasteiger partial charge in [0, 0.05) is 19.3 Å². The van der Waals surface area contributed by atoms with Crippen LogP contribution in [0.3, 0.4) is 0 Å². The highest BCUT2D eigenvalue weighted by molar-refractivity contribution is 7.89. The van der Waals surface area contributed by atoms with Crippen molar-refractivity contribution in [2.75, 3.05) is 26.8 Å². The van der Waals surface area contributed by atoms with E-state index in [4.69, 9.17) is 4.74 Å². The van der Waals surface area contributed by atoms with Crippen LogP contribution in [0.5, 0.6) is 0 Å². The monoisotopic (exact) mass is 288 g/mol. The molecular formula is C11H20N4O3S. The lowest BCUT2D eigenvalue weighted by atomic mass is 10.0. The third-order valence-electron chi connectivity index (χ3n) is 3.11. The Balaban J connectivity index is 2.08. The van der Waals surface area contributed by atoms with Gasteiger partial charge in [-0.3, -0.25) is 4.68 Å². The Labute approximate surface area is 113 Å². The number of aromatic nitrogens is 2. The summed E-state index contributed by atoms with van der Waals surface area (Å²) in [5, 5.41) is 7.03. The van der Waals surface area contributed by atoms with Gasteiger partial charge in [0.15, 0.2) is 0 Å². The molecule has 7 nitrogen and oxygen atoms in total. The van der Waals surface area contributed by atoms with Gasteiger partial charge in [-0.1, -0.05) is 0 Å². The van der Waals surface area contributed by atoms with Crippen molar-refractivity contribution in [1.29, 1.82) is 0 Å². The minimum absolute atomic E-state index is 0.191. The average Bonchev–Trinajstić information content (AvgIpc) is 2.95. The highest BCUT2D eigenvalue weighted by Crippen LogP contribution is 2.21. The summed E-state index contributed by atoms with van der Waals surface area (Å²) in [7, 11) is -1.70. The van der Waals surface area contributed by atoms with Crippen LogP contribution in [0.1, 0.15) is 13.3 Å². The smallest absolute Gasteiger partial charge is 0.244 e. The number of nitrogens with one attached hydrogen (secondary N) is 2. The number of hydrogen-bond donors (Lipinski definition) is 2. The molecule has 1 aliphatic rings. The predicted octanol–water partition coefficient (Wildman–Crippen LogP) is -0.440. The summed E-state index contributed by atoms with van der Waals surface area (Å²) in [6.07, 6.45) is 3.59. The second kappa shape index (κ2) is 5.58. The summed E-state index contributed by atoms with van der Waals surface area (Å²) >= 11 is 0. The molecule has 0 amide bonds. The molecule has 2 N–H and O–H groups in total. The molecule has 0 aromatic carbocycles. The van der Waals surface area contributed by atoms with Crippen LogP contribution in [0.2, 0.25) is 0 Å². The van der Waals surface area contributed by atoms with Gasteiger partial charge in [0.05, 0.1) is 24.9 Å². The van der Waals surface area contributed by atoms with Crippen LogP contribution in [0.15, 0.2) is 17.3 Å². The fraction of sp³-hybridized carbons (Fsp3) is 0.727. The molecule has 0 spiro atoms. The third-order valence-corrected chi connectivity index (χ3v) is 4.70. The summed E-state index contributed by atoms with van der Waals surface area (Å²) < 4.78 is 34.0. The van der Waals surface area contributed by atoms with Gasteiger partial charge < -0.3 is 10.1 Å². The summed E-state index contributed by atoms with van der Waals surface area (Å²) in [6, 6.07) is 0. The highest BCUT2D eigenvalue weighted by Gasteiger charge is 2.35. The Kier molecular flexibility index (Phi) is 4.24. The van der Waals surface area contributed by atoms with Crippen LogP contribution >= 0.6 is 0 Å². The number of ether oxygens (including phenoxy) is 1. The van der Waals surface area contributed by atoms with E-state index in [1.54, 1.807) is 10.9 Å². The van der Waals surface area contributed by atoms with E-state index < -0.39 is 15.6 Å². The zero-order valence-electron chi connectivity index (χ0n) is 11.2. The number of hydrogen-bond acceptors (Lipinski definition) is 5. The van der Waals surface area contributed by atoms with Gasteiger partial charge in [0.1, 0.15) is 4.90 Å². The van der Waals surface area contributed by atoms with Crippen molar-refractivity contribution in [2.45, 2.75) is 30.3 Å². The number of sulfonamides is 1. The molecule has 0 radical (unpaired) electrons. The molecule has 108 valence electrons. The first kappa shape index (κ1) is 14.4. The second-order valence-electron chi connectivity index (χ2n) is 5.01. The van der Waals surface area contributed by atoms with Crippen molar-refractivity contribution in [3.05, 3.63) is 12.4 Å². The molecule has 1 aromatic heterocycles. The highest BCUT2D eigenvalue weighted by atomic mass is 32.2. The average molecular weight is 288 g/mol. The molecular weight excluding hydrogens is 268 g/mol. The first-order valence-electron chi connectivity index (χ1n) is 6.24. The fourth-order valence-corrected chi connectivity index (χ4v) is 3.34. The van der Waals surface area contributed by atoms with Crippen molar-refractivity contribution in [2.24, 2.45) is 0 Å². The van der Waals surface area contributed by atoms with E-state index in [-0.39, 0.29) is 4.90 Å². The van der Waals surface area contributed by atoms with Crippen LogP contribution in [0.4, 0.5) is 0 Å². The standard InChI is InChI=1S/C11H20N4O3S/c1-11(3-6-18-9-11)14-19(16,17)10-7-13-15(8-10)5-4-12-2/h7-8,12,14H,3-6,9H2,1-2H3. The van der Waals surface area contributed by atoms with Crippen LogP contribution < -0.4 is 10.0 Å². The molecule has 8 heteroatoms. The Hall–Kier alpha value is -0.960. The molecule has 1 aromatic rings. The first-order valence-corrected chi connectivity index (χ1v) is 7.72. The Morgan fingerprint density at radius 3 is 3.00 bits per heavy atom. The molecule has 2 rings (SSSR count). The number of likely N-dealkylation sites (N-methyl/N-ethyl adjacent to an activating group) is 1. The molecule has 1 unspecified atom stereocenters. The minimum atomic E-state index is -3.54. The lowest BCUT2D eigenvalue weighted by molar-refractivity contribution is 0.178. The van der Waals surface area contributed by atoms with Crippen molar-refractivity contribution in [3.63, 3.8) is 0 Å². The summed E-state index contributed by atoms with van der Waals surface area (Å²) in [5.74, 6) is 0. The Bertz CT molecular complexity index is 520. The van der Waals surface area contributed by atoms with Crippen LogP contribution in [0, 0.1) is 0 Å². The van der Waals surface area contributed by atoms with Gasteiger partial charge in [-0.05, 0) is 20.4 Å². The molecule has 1 fully saturated rings. The van der Waals surface area contributed by atoms with Crippen LogP contribution in [0.25, 0.3) is 0 Å².